The van der Waals surface area contributed by atoms with E-state index in [0.29, 0.717) is 46.1 Å². The number of aliphatic hydroxyl groups is 2. The lowest BCUT2D eigenvalue weighted by Crippen LogP contribution is -2.31. The predicted octanol–water partition coefficient (Wildman–Crippen LogP) is 9.03. The summed E-state index contributed by atoms with van der Waals surface area (Å²) in [6, 6.07) is 14.6. The van der Waals surface area contributed by atoms with E-state index >= 15 is 8.78 Å². The first-order valence-corrected chi connectivity index (χ1v) is 19.2. The fraction of sp³-hybridized carbons (Fsp3) is 0.500. The fourth-order valence-electron chi connectivity index (χ4n) is 6.62. The zero-order valence-electron chi connectivity index (χ0n) is 32.0. The predicted molar refractivity (Wildman–Crippen MR) is 205 cm³/mol. The molecule has 0 aromatic heterocycles. The highest BCUT2D eigenvalue weighted by molar-refractivity contribution is 5.87. The van der Waals surface area contributed by atoms with Crippen LogP contribution in [0.25, 0.3) is 22.3 Å². The monoisotopic (exact) mass is 750 g/mol. The van der Waals surface area contributed by atoms with Crippen LogP contribution in [-0.2, 0) is 25.5 Å². The normalized spacial score (nSPS) is 15.8. The van der Waals surface area contributed by atoms with Crippen LogP contribution >= 0.6 is 0 Å². The number of benzene rings is 3. The number of aliphatic hydroxyl groups excluding tert-OH is 2. The number of rotatable bonds is 21. The van der Waals surface area contributed by atoms with Gasteiger partial charge in [0.1, 0.15) is 49.6 Å². The Morgan fingerprint density at radius 3 is 1.96 bits per heavy atom. The van der Waals surface area contributed by atoms with E-state index in [1.807, 2.05) is 0 Å². The molecule has 0 atom stereocenters. The van der Waals surface area contributed by atoms with E-state index in [9.17, 15) is 14.7 Å². The van der Waals surface area contributed by atoms with Gasteiger partial charge in [-0.25, -0.2) is 13.6 Å². The molecule has 0 radical (unpaired) electrons. The third kappa shape index (κ3) is 12.7. The van der Waals surface area contributed by atoms with E-state index < -0.39 is 29.8 Å². The zero-order chi connectivity index (χ0) is 39.1. The number of carbonyl (C=O) groups excluding carboxylic acids is 2. The smallest absolute Gasteiger partial charge is 0.335 e. The number of halogens is 2. The second-order valence-corrected chi connectivity index (χ2v) is 14.9. The van der Waals surface area contributed by atoms with Crippen molar-refractivity contribution in [2.75, 3.05) is 39.6 Å². The second-order valence-electron chi connectivity index (χ2n) is 14.9. The molecule has 0 aliphatic heterocycles. The van der Waals surface area contributed by atoms with Crippen LogP contribution in [0.1, 0.15) is 84.1 Å². The van der Waals surface area contributed by atoms with Gasteiger partial charge in [0.2, 0.25) is 0 Å². The molecule has 1 aliphatic rings. The number of unbranched alkanes of at least 4 members (excludes halogenated alkanes) is 2. The van der Waals surface area contributed by atoms with Crippen molar-refractivity contribution in [2.45, 2.75) is 85.0 Å². The Morgan fingerprint density at radius 1 is 0.759 bits per heavy atom. The topological polar surface area (TPSA) is 112 Å². The Bertz CT molecular complexity index is 1700. The summed E-state index contributed by atoms with van der Waals surface area (Å²) in [5.41, 5.74) is 1.30. The molecule has 1 fully saturated rings. The summed E-state index contributed by atoms with van der Waals surface area (Å²) in [4.78, 5) is 24.0. The summed E-state index contributed by atoms with van der Waals surface area (Å²) in [5.74, 6) is -0.0221. The summed E-state index contributed by atoms with van der Waals surface area (Å²) < 4.78 is 53.0. The molecule has 4 rings (SSSR count). The first-order chi connectivity index (χ1) is 25.9. The molecule has 0 heterocycles. The van der Waals surface area contributed by atoms with Gasteiger partial charge in [-0.3, -0.25) is 4.79 Å². The Morgan fingerprint density at radius 2 is 1.37 bits per heavy atom. The number of carbonyl (C=O) groups is 2. The van der Waals surface area contributed by atoms with Crippen molar-refractivity contribution in [1.29, 1.82) is 0 Å². The summed E-state index contributed by atoms with van der Waals surface area (Å²) >= 11 is 0. The Balaban J connectivity index is 1.42. The van der Waals surface area contributed by atoms with Gasteiger partial charge in [0, 0.05) is 11.6 Å². The number of aryl methyl sites for hydroxylation is 1. The molecule has 0 spiro atoms. The number of hydrogen-bond acceptors (Lipinski definition) is 8. The minimum Gasteiger partial charge on any atom is -0.490 e. The molecule has 0 saturated heterocycles. The standard InChI is InChI=1S/C44H56F2O8/c1-5-6-7-8-31-9-11-32(12-10-31)13-14-33-15-16-35(26-40(33)45)39-18-17-34(25-41(39)46)36-23-37(51-19-21-53-42(49)30(2)28-47)27-38(24-36)52-20-22-54-43(50)44(3,4)29-48/h15-18,23-27,31-32,47-48H,2,5-14,19-22,28-29H2,1,3-4H3. The average Bonchev–Trinajstić information content (AvgIpc) is 3.17. The third-order valence-corrected chi connectivity index (χ3v) is 10.1. The molecule has 0 amide bonds. The van der Waals surface area contributed by atoms with Crippen LogP contribution in [0, 0.1) is 28.9 Å². The van der Waals surface area contributed by atoms with Crippen molar-refractivity contribution in [3.8, 4) is 33.8 Å². The fourth-order valence-corrected chi connectivity index (χ4v) is 6.62. The first kappa shape index (κ1) is 42.5. The molecular formula is C44H56F2O8. The van der Waals surface area contributed by atoms with Gasteiger partial charge < -0.3 is 29.2 Å². The molecule has 54 heavy (non-hydrogen) atoms. The zero-order valence-corrected chi connectivity index (χ0v) is 32.0. The molecule has 3 aromatic carbocycles. The molecule has 1 aliphatic carbocycles. The first-order valence-electron chi connectivity index (χ1n) is 19.2. The Hall–Kier alpha value is -4.28. The lowest BCUT2D eigenvalue weighted by Gasteiger charge is -2.28. The van der Waals surface area contributed by atoms with Gasteiger partial charge in [0.25, 0.3) is 0 Å². The van der Waals surface area contributed by atoms with Crippen molar-refractivity contribution in [1.82, 2.24) is 0 Å². The van der Waals surface area contributed by atoms with Crippen molar-refractivity contribution in [3.63, 3.8) is 0 Å². The molecule has 3 aromatic rings. The van der Waals surface area contributed by atoms with E-state index in [2.05, 4.69) is 13.5 Å². The van der Waals surface area contributed by atoms with Crippen molar-refractivity contribution >= 4 is 11.9 Å². The van der Waals surface area contributed by atoms with Gasteiger partial charge in [-0.2, -0.15) is 0 Å². The number of ether oxygens (including phenoxy) is 4. The maximum Gasteiger partial charge on any atom is 0.335 e. The minimum atomic E-state index is -1.05. The van der Waals surface area contributed by atoms with Crippen molar-refractivity contribution < 1.29 is 47.5 Å². The minimum absolute atomic E-state index is 0.00781. The van der Waals surface area contributed by atoms with E-state index in [-0.39, 0.29) is 50.0 Å². The van der Waals surface area contributed by atoms with Crippen molar-refractivity contribution in [2.24, 2.45) is 17.3 Å². The van der Waals surface area contributed by atoms with E-state index in [0.717, 1.165) is 12.3 Å². The van der Waals surface area contributed by atoms with Gasteiger partial charge >= 0.3 is 11.9 Å². The van der Waals surface area contributed by atoms with Gasteiger partial charge in [-0.1, -0.05) is 89.1 Å². The van der Waals surface area contributed by atoms with Crippen LogP contribution in [0.15, 0.2) is 66.7 Å². The van der Waals surface area contributed by atoms with E-state index in [1.165, 1.54) is 63.5 Å². The second kappa shape index (κ2) is 21.0. The highest BCUT2D eigenvalue weighted by atomic mass is 19.1. The van der Waals surface area contributed by atoms with Crippen LogP contribution in [-0.4, -0.2) is 61.8 Å². The molecule has 0 unspecified atom stereocenters. The number of esters is 2. The van der Waals surface area contributed by atoms with Gasteiger partial charge in [0.05, 0.1) is 24.2 Å². The molecule has 2 N–H and O–H groups in total. The summed E-state index contributed by atoms with van der Waals surface area (Å²) in [6.07, 6.45) is 11.8. The summed E-state index contributed by atoms with van der Waals surface area (Å²) in [7, 11) is 0. The highest BCUT2D eigenvalue weighted by Gasteiger charge is 2.28. The van der Waals surface area contributed by atoms with Crippen LogP contribution in [0.4, 0.5) is 8.78 Å². The molecule has 10 heteroatoms. The summed E-state index contributed by atoms with van der Waals surface area (Å²) in [5, 5.41) is 18.5. The van der Waals surface area contributed by atoms with Gasteiger partial charge in [-0.05, 0) is 85.0 Å². The molecule has 8 nitrogen and oxygen atoms in total. The van der Waals surface area contributed by atoms with Crippen molar-refractivity contribution in [3.05, 3.63) is 83.9 Å². The molecular weight excluding hydrogens is 694 g/mol. The maximum atomic E-state index is 15.7. The third-order valence-electron chi connectivity index (χ3n) is 10.1. The maximum absolute atomic E-state index is 15.7. The van der Waals surface area contributed by atoms with Crippen LogP contribution < -0.4 is 9.47 Å². The molecule has 1 saturated carbocycles. The van der Waals surface area contributed by atoms with E-state index in [1.54, 1.807) is 56.3 Å². The van der Waals surface area contributed by atoms with Gasteiger partial charge in [0.15, 0.2) is 0 Å². The Labute approximate surface area is 318 Å². The number of hydrogen-bond donors (Lipinski definition) is 2. The molecule has 0 bridgehead atoms. The lowest BCUT2D eigenvalue weighted by atomic mass is 9.77. The SMILES string of the molecule is C=C(CO)C(=O)OCCOc1cc(OCCOC(=O)C(C)(C)CO)cc(-c2ccc(-c3ccc(CCC4CCC(CCCCC)CC4)c(F)c3)c(F)c2)c1. The van der Waals surface area contributed by atoms with E-state index in [4.69, 9.17) is 24.1 Å². The van der Waals surface area contributed by atoms with Crippen LogP contribution in [0.2, 0.25) is 0 Å². The average molecular weight is 751 g/mol. The lowest BCUT2D eigenvalue weighted by molar-refractivity contribution is -0.156. The quantitative estimate of drug-likeness (QED) is 0.0631. The largest absolute Gasteiger partial charge is 0.490 e. The van der Waals surface area contributed by atoms with Crippen LogP contribution in [0.5, 0.6) is 11.5 Å². The summed E-state index contributed by atoms with van der Waals surface area (Å²) in [6.45, 7) is 7.68. The molecule has 294 valence electrons. The van der Waals surface area contributed by atoms with Gasteiger partial charge in [-0.15, -0.1) is 0 Å². The highest BCUT2D eigenvalue weighted by Crippen LogP contribution is 2.36. The Kier molecular flexibility index (Phi) is 16.5. The van der Waals surface area contributed by atoms with Crippen LogP contribution in [0.3, 0.4) is 0 Å².